The number of nitrogens with zero attached hydrogens (tertiary/aromatic N) is 4. The molecule has 136 valence electrons. The third-order valence-electron chi connectivity index (χ3n) is 3.70. The molecule has 0 saturated heterocycles. The number of rotatable bonds is 6. The van der Waals surface area contributed by atoms with E-state index < -0.39 is 0 Å². The third kappa shape index (κ3) is 3.79. The summed E-state index contributed by atoms with van der Waals surface area (Å²) in [5.74, 6) is 1.05. The van der Waals surface area contributed by atoms with Crippen LogP contribution in [0.15, 0.2) is 69.9 Å². The van der Waals surface area contributed by atoms with Gasteiger partial charge < -0.3 is 9.73 Å². The molecule has 3 aromatic heterocycles. The van der Waals surface area contributed by atoms with Crippen LogP contribution in [-0.4, -0.2) is 30.9 Å². The Hall–Kier alpha value is -2.91. The van der Waals surface area contributed by atoms with Crippen LogP contribution in [0.1, 0.15) is 6.92 Å². The lowest BCUT2D eigenvalue weighted by molar-refractivity contribution is -0.115. The highest BCUT2D eigenvalue weighted by Gasteiger charge is 2.23. The van der Waals surface area contributed by atoms with Gasteiger partial charge in [-0.3, -0.25) is 9.36 Å². The quantitative estimate of drug-likeness (QED) is 0.493. The predicted octanol–water partition coefficient (Wildman–Crippen LogP) is 4.10. The summed E-state index contributed by atoms with van der Waals surface area (Å²) < 4.78 is 7.38. The summed E-state index contributed by atoms with van der Waals surface area (Å²) in [6, 6.07) is 13.4. The lowest BCUT2D eigenvalue weighted by Crippen LogP contribution is -2.22. The van der Waals surface area contributed by atoms with E-state index in [0.29, 0.717) is 21.9 Å². The smallest absolute Gasteiger partial charge is 0.239 e. The SMILES string of the molecule is CC(Sc1nnc(-c2ccco2)n1-c1ccccc1)C(=O)Nc1nccs1. The number of anilines is 1. The van der Waals surface area contributed by atoms with Gasteiger partial charge in [0.2, 0.25) is 11.7 Å². The van der Waals surface area contributed by atoms with Gasteiger partial charge in [-0.15, -0.1) is 21.5 Å². The molecule has 1 N–H and O–H groups in total. The fourth-order valence-corrected chi connectivity index (χ4v) is 3.82. The number of carbonyl (C=O) groups is 1. The average Bonchev–Trinajstić information content (AvgIpc) is 3.44. The van der Waals surface area contributed by atoms with Crippen LogP contribution in [0.25, 0.3) is 17.3 Å². The Morgan fingerprint density at radius 1 is 1.22 bits per heavy atom. The van der Waals surface area contributed by atoms with Crippen molar-refractivity contribution in [3.05, 3.63) is 60.3 Å². The maximum Gasteiger partial charge on any atom is 0.239 e. The molecule has 0 fully saturated rings. The molecule has 0 aliphatic rings. The van der Waals surface area contributed by atoms with Gasteiger partial charge in [0, 0.05) is 17.3 Å². The number of benzene rings is 1. The Labute approximate surface area is 163 Å². The first kappa shape index (κ1) is 17.5. The number of amides is 1. The number of thioether (sulfide) groups is 1. The first-order valence-corrected chi connectivity index (χ1v) is 9.90. The van der Waals surface area contributed by atoms with Gasteiger partial charge in [-0.05, 0) is 31.2 Å². The summed E-state index contributed by atoms with van der Waals surface area (Å²) in [6.45, 7) is 1.82. The summed E-state index contributed by atoms with van der Waals surface area (Å²) in [7, 11) is 0. The number of hydrogen-bond donors (Lipinski definition) is 1. The first-order chi connectivity index (χ1) is 13.2. The highest BCUT2D eigenvalue weighted by Crippen LogP contribution is 2.30. The van der Waals surface area contributed by atoms with E-state index in [1.807, 2.05) is 53.3 Å². The van der Waals surface area contributed by atoms with Crippen LogP contribution in [0.3, 0.4) is 0 Å². The maximum atomic E-state index is 12.5. The summed E-state index contributed by atoms with van der Waals surface area (Å²) in [5, 5.41) is 14.0. The minimum absolute atomic E-state index is 0.142. The van der Waals surface area contributed by atoms with Crippen LogP contribution >= 0.6 is 23.1 Å². The van der Waals surface area contributed by atoms with Crippen molar-refractivity contribution in [2.24, 2.45) is 0 Å². The van der Waals surface area contributed by atoms with E-state index in [1.54, 1.807) is 18.5 Å². The van der Waals surface area contributed by atoms with Gasteiger partial charge in [0.25, 0.3) is 0 Å². The highest BCUT2D eigenvalue weighted by atomic mass is 32.2. The minimum atomic E-state index is -0.384. The summed E-state index contributed by atoms with van der Waals surface area (Å²) in [4.78, 5) is 16.5. The summed E-state index contributed by atoms with van der Waals surface area (Å²) in [5.41, 5.74) is 0.893. The molecule has 1 aromatic carbocycles. The van der Waals surface area contributed by atoms with Gasteiger partial charge in [0.05, 0.1) is 11.5 Å². The fraction of sp³-hybridized carbons (Fsp3) is 0.111. The second-order valence-electron chi connectivity index (χ2n) is 5.54. The van der Waals surface area contributed by atoms with Crippen molar-refractivity contribution in [1.29, 1.82) is 0 Å². The standard InChI is InChI=1S/C18H15N5O2S2/c1-12(16(24)20-17-19-9-11-26-17)27-18-22-21-15(14-8-5-10-25-14)23(18)13-6-3-2-4-7-13/h2-12H,1H3,(H,19,20,24). The maximum absolute atomic E-state index is 12.5. The Bertz CT molecular complexity index is 1010. The van der Waals surface area contributed by atoms with Crippen LogP contribution in [0.4, 0.5) is 5.13 Å². The van der Waals surface area contributed by atoms with Crippen LogP contribution in [0.2, 0.25) is 0 Å². The first-order valence-electron chi connectivity index (χ1n) is 8.14. The van der Waals surface area contributed by atoms with Crippen LogP contribution in [0.5, 0.6) is 0 Å². The number of thiazole rings is 1. The minimum Gasteiger partial charge on any atom is -0.461 e. The fourth-order valence-electron chi connectivity index (χ4n) is 2.43. The molecular weight excluding hydrogens is 382 g/mol. The highest BCUT2D eigenvalue weighted by molar-refractivity contribution is 8.00. The van der Waals surface area contributed by atoms with E-state index in [4.69, 9.17) is 4.42 Å². The van der Waals surface area contributed by atoms with E-state index in [-0.39, 0.29) is 11.2 Å². The normalized spacial score (nSPS) is 12.0. The molecule has 1 atom stereocenters. The number of carbonyl (C=O) groups excluding carboxylic acids is 1. The molecule has 0 radical (unpaired) electrons. The second-order valence-corrected chi connectivity index (χ2v) is 7.74. The van der Waals surface area contributed by atoms with E-state index >= 15 is 0 Å². The molecule has 9 heteroatoms. The second kappa shape index (κ2) is 7.77. The summed E-state index contributed by atoms with van der Waals surface area (Å²) in [6.07, 6.45) is 3.25. The molecule has 7 nitrogen and oxygen atoms in total. The molecule has 4 rings (SSSR count). The number of furan rings is 1. The van der Waals surface area contributed by atoms with Crippen LogP contribution in [-0.2, 0) is 4.79 Å². The van der Waals surface area contributed by atoms with Gasteiger partial charge >= 0.3 is 0 Å². The molecule has 0 aliphatic heterocycles. The van der Waals surface area contributed by atoms with Gasteiger partial charge in [0.1, 0.15) is 0 Å². The zero-order valence-electron chi connectivity index (χ0n) is 14.3. The number of aromatic nitrogens is 4. The zero-order valence-corrected chi connectivity index (χ0v) is 15.9. The molecule has 0 bridgehead atoms. The van der Waals surface area contributed by atoms with Gasteiger partial charge in [-0.2, -0.15) is 0 Å². The lowest BCUT2D eigenvalue weighted by atomic mass is 10.3. The lowest BCUT2D eigenvalue weighted by Gasteiger charge is -2.12. The molecule has 4 aromatic rings. The van der Waals surface area contributed by atoms with Crippen LogP contribution in [0, 0.1) is 0 Å². The average molecular weight is 397 g/mol. The van der Waals surface area contributed by atoms with E-state index in [1.165, 1.54) is 23.1 Å². The van der Waals surface area contributed by atoms with E-state index in [2.05, 4.69) is 20.5 Å². The molecular formula is C18H15N5O2S2. The van der Waals surface area contributed by atoms with Gasteiger partial charge in [-0.25, -0.2) is 4.98 Å². The third-order valence-corrected chi connectivity index (χ3v) is 5.43. The molecule has 0 spiro atoms. The Balaban J connectivity index is 1.63. The molecule has 3 heterocycles. The zero-order chi connectivity index (χ0) is 18.6. The van der Waals surface area contributed by atoms with Crippen molar-refractivity contribution >= 4 is 34.1 Å². The molecule has 0 aliphatic carbocycles. The summed E-state index contributed by atoms with van der Waals surface area (Å²) >= 11 is 2.71. The van der Waals surface area contributed by atoms with Gasteiger partial charge in [0.15, 0.2) is 16.0 Å². The number of para-hydroxylation sites is 1. The number of nitrogens with one attached hydrogen (secondary N) is 1. The topological polar surface area (TPSA) is 85.8 Å². The monoisotopic (exact) mass is 397 g/mol. The van der Waals surface area contributed by atoms with Crippen molar-refractivity contribution in [2.45, 2.75) is 17.3 Å². The largest absolute Gasteiger partial charge is 0.461 e. The Kier molecular flexibility index (Phi) is 5.03. The van der Waals surface area contributed by atoms with E-state index in [9.17, 15) is 4.79 Å². The molecule has 1 amide bonds. The van der Waals surface area contributed by atoms with Gasteiger partial charge in [-0.1, -0.05) is 30.0 Å². The molecule has 1 unspecified atom stereocenters. The number of hydrogen-bond acceptors (Lipinski definition) is 7. The van der Waals surface area contributed by atoms with E-state index in [0.717, 1.165) is 5.69 Å². The molecule has 27 heavy (non-hydrogen) atoms. The van der Waals surface area contributed by atoms with Crippen molar-refractivity contribution in [1.82, 2.24) is 19.7 Å². The Morgan fingerprint density at radius 2 is 2.07 bits per heavy atom. The predicted molar refractivity (Wildman–Crippen MR) is 105 cm³/mol. The van der Waals surface area contributed by atoms with Crippen LogP contribution < -0.4 is 5.32 Å². The van der Waals surface area contributed by atoms with Crippen molar-refractivity contribution in [3.63, 3.8) is 0 Å². The van der Waals surface area contributed by atoms with Crippen molar-refractivity contribution < 1.29 is 9.21 Å². The molecule has 0 saturated carbocycles. The van der Waals surface area contributed by atoms with Crippen molar-refractivity contribution in [3.8, 4) is 17.3 Å². The van der Waals surface area contributed by atoms with Crippen molar-refractivity contribution in [2.75, 3.05) is 5.32 Å². The Morgan fingerprint density at radius 3 is 2.78 bits per heavy atom.